The summed E-state index contributed by atoms with van der Waals surface area (Å²) in [6, 6.07) is 14.6. The molecule has 0 aliphatic heterocycles. The van der Waals surface area contributed by atoms with Crippen LogP contribution in [0.15, 0.2) is 48.5 Å². The molecule has 37 heavy (non-hydrogen) atoms. The van der Waals surface area contributed by atoms with Crippen LogP contribution >= 0.6 is 0 Å². The highest BCUT2D eigenvalue weighted by Gasteiger charge is 2.33. The van der Waals surface area contributed by atoms with Gasteiger partial charge in [-0.15, -0.1) is 0 Å². The number of amides is 1. The molecule has 6 nitrogen and oxygen atoms in total. The van der Waals surface area contributed by atoms with Crippen LogP contribution in [0.3, 0.4) is 0 Å². The Bertz CT molecular complexity index is 1270. The first-order valence-electron chi connectivity index (χ1n) is 12.9. The van der Waals surface area contributed by atoms with Crippen molar-refractivity contribution in [3.63, 3.8) is 0 Å². The van der Waals surface area contributed by atoms with Crippen molar-refractivity contribution < 1.29 is 19.4 Å². The molecule has 2 aromatic carbocycles. The first kappa shape index (κ1) is 28.2. The summed E-state index contributed by atoms with van der Waals surface area (Å²) >= 11 is 0. The molecule has 1 atom stereocenters. The largest absolute Gasteiger partial charge is 0.480 e. The molecule has 0 fully saturated rings. The van der Waals surface area contributed by atoms with E-state index in [1.165, 1.54) is 5.56 Å². The molecule has 0 unspecified atom stereocenters. The molecule has 1 amide bonds. The SMILES string of the molecule is CC(C)CCc1nc(C(=O)N[C@H](C(=O)O)C(C)(C)C)cc2ccc(Oc3ccc(C(C)(C)C)cc3)cc12. The Hall–Kier alpha value is -3.41. The number of aryl methyl sites for hydroxylation is 1. The molecular weight excluding hydrogens is 464 g/mol. The Balaban J connectivity index is 1.96. The summed E-state index contributed by atoms with van der Waals surface area (Å²) in [5.41, 5.74) is 1.68. The van der Waals surface area contributed by atoms with E-state index in [-0.39, 0.29) is 11.1 Å². The molecule has 0 saturated heterocycles. The summed E-state index contributed by atoms with van der Waals surface area (Å²) in [6.45, 7) is 16.2. The van der Waals surface area contributed by atoms with Crippen LogP contribution in [0, 0.1) is 11.3 Å². The van der Waals surface area contributed by atoms with Gasteiger partial charge in [-0.1, -0.05) is 73.6 Å². The van der Waals surface area contributed by atoms with Crippen molar-refractivity contribution >= 4 is 22.6 Å². The third kappa shape index (κ3) is 7.31. The number of nitrogens with zero attached hydrogens (tertiary/aromatic N) is 1. The standard InChI is InChI=1S/C31H40N2O4/c1-19(2)9-16-25-24-18-23(37-22-14-11-21(12-15-22)30(3,4)5)13-10-20(24)17-26(32-25)28(34)33-27(29(35)36)31(6,7)8/h10-15,17-19,27H,9,16H2,1-8H3,(H,33,34)(H,35,36)/t27-/m1/s1. The monoisotopic (exact) mass is 504 g/mol. The van der Waals surface area contributed by atoms with Crippen molar-refractivity contribution in [1.29, 1.82) is 0 Å². The maximum atomic E-state index is 13.1. The number of fused-ring (bicyclic) bond motifs is 1. The molecule has 0 radical (unpaired) electrons. The van der Waals surface area contributed by atoms with E-state index in [2.05, 4.69) is 52.1 Å². The first-order valence-corrected chi connectivity index (χ1v) is 12.9. The number of carboxylic acids is 1. The van der Waals surface area contributed by atoms with Crippen molar-refractivity contribution in [2.24, 2.45) is 11.3 Å². The molecule has 6 heteroatoms. The van der Waals surface area contributed by atoms with Crippen LogP contribution in [0.1, 0.15) is 83.6 Å². The molecule has 0 aliphatic carbocycles. The summed E-state index contributed by atoms with van der Waals surface area (Å²) < 4.78 is 6.16. The molecule has 0 spiro atoms. The second-order valence-electron chi connectivity index (χ2n) is 12.3. The lowest BCUT2D eigenvalue weighted by molar-refractivity contribution is -0.142. The molecular formula is C31H40N2O4. The van der Waals surface area contributed by atoms with Gasteiger partial charge in [0.2, 0.25) is 0 Å². The number of benzene rings is 2. The number of ether oxygens (including phenoxy) is 1. The Kier molecular flexibility index (Phi) is 8.31. The van der Waals surface area contributed by atoms with Crippen LogP contribution in [-0.2, 0) is 16.6 Å². The van der Waals surface area contributed by atoms with Crippen molar-refractivity contribution in [1.82, 2.24) is 10.3 Å². The van der Waals surface area contributed by atoms with Gasteiger partial charge < -0.3 is 15.2 Å². The van der Waals surface area contributed by atoms with Gasteiger partial charge in [0, 0.05) is 11.1 Å². The number of hydrogen-bond acceptors (Lipinski definition) is 4. The number of aromatic nitrogens is 1. The summed E-state index contributed by atoms with van der Waals surface area (Å²) in [4.78, 5) is 29.6. The minimum Gasteiger partial charge on any atom is -0.480 e. The lowest BCUT2D eigenvalue weighted by Crippen LogP contribution is -2.49. The van der Waals surface area contributed by atoms with Crippen molar-refractivity contribution in [3.05, 3.63) is 65.5 Å². The molecule has 2 N–H and O–H groups in total. The zero-order valence-corrected chi connectivity index (χ0v) is 23.3. The van der Waals surface area contributed by atoms with Gasteiger partial charge in [0.15, 0.2) is 0 Å². The minimum atomic E-state index is -1.07. The Labute approximate surface area is 220 Å². The average molecular weight is 505 g/mol. The number of aliphatic carboxylic acids is 1. The average Bonchev–Trinajstić information content (AvgIpc) is 2.79. The van der Waals surface area contributed by atoms with Crippen LogP contribution in [0.25, 0.3) is 10.8 Å². The van der Waals surface area contributed by atoms with Crippen LogP contribution in [0.4, 0.5) is 0 Å². The van der Waals surface area contributed by atoms with Crippen molar-refractivity contribution in [2.45, 2.75) is 79.7 Å². The van der Waals surface area contributed by atoms with Crippen LogP contribution in [-0.4, -0.2) is 28.0 Å². The second kappa shape index (κ2) is 10.9. The van der Waals surface area contributed by atoms with Gasteiger partial charge in [0.25, 0.3) is 5.91 Å². The van der Waals surface area contributed by atoms with Gasteiger partial charge in [-0.25, -0.2) is 9.78 Å². The highest BCUT2D eigenvalue weighted by Crippen LogP contribution is 2.31. The first-order chi connectivity index (χ1) is 17.1. The second-order valence-corrected chi connectivity index (χ2v) is 12.3. The summed E-state index contributed by atoms with van der Waals surface area (Å²) in [6.07, 6.45) is 1.60. The lowest BCUT2D eigenvalue weighted by atomic mass is 9.86. The van der Waals surface area contributed by atoms with E-state index < -0.39 is 23.3 Å². The van der Waals surface area contributed by atoms with E-state index in [9.17, 15) is 14.7 Å². The van der Waals surface area contributed by atoms with Gasteiger partial charge in [0.1, 0.15) is 23.2 Å². The molecule has 1 heterocycles. The molecule has 1 aromatic heterocycles. The number of carboxylic acid groups (broad SMARTS) is 1. The van der Waals surface area contributed by atoms with E-state index in [1.54, 1.807) is 26.8 Å². The van der Waals surface area contributed by atoms with Crippen LogP contribution < -0.4 is 10.1 Å². The van der Waals surface area contributed by atoms with E-state index in [0.717, 1.165) is 28.6 Å². The maximum Gasteiger partial charge on any atom is 0.326 e. The fourth-order valence-corrected chi connectivity index (χ4v) is 4.10. The third-order valence-corrected chi connectivity index (χ3v) is 6.42. The molecule has 0 saturated carbocycles. The Morgan fingerprint density at radius 2 is 1.57 bits per heavy atom. The van der Waals surface area contributed by atoms with E-state index >= 15 is 0 Å². The van der Waals surface area contributed by atoms with Crippen LogP contribution in [0.2, 0.25) is 0 Å². The molecule has 0 bridgehead atoms. The fraction of sp³-hybridized carbons (Fsp3) is 0.452. The van der Waals surface area contributed by atoms with E-state index in [4.69, 9.17) is 9.72 Å². The number of hydrogen-bond donors (Lipinski definition) is 2. The Morgan fingerprint density at radius 1 is 0.946 bits per heavy atom. The molecule has 198 valence electrons. The predicted molar refractivity (Wildman–Crippen MR) is 148 cm³/mol. The van der Waals surface area contributed by atoms with Gasteiger partial charge in [0.05, 0.1) is 0 Å². The number of carbonyl (C=O) groups excluding carboxylic acids is 1. The van der Waals surface area contributed by atoms with Gasteiger partial charge in [-0.3, -0.25) is 4.79 Å². The number of rotatable bonds is 8. The quantitative estimate of drug-likeness (QED) is 0.340. The fourth-order valence-electron chi connectivity index (χ4n) is 4.10. The van der Waals surface area contributed by atoms with E-state index in [0.29, 0.717) is 18.1 Å². The highest BCUT2D eigenvalue weighted by molar-refractivity contribution is 5.99. The molecule has 3 aromatic rings. The van der Waals surface area contributed by atoms with Crippen LogP contribution in [0.5, 0.6) is 11.5 Å². The number of pyridine rings is 1. The predicted octanol–water partition coefficient (Wildman–Crippen LogP) is 7.14. The van der Waals surface area contributed by atoms with Gasteiger partial charge in [-0.05, 0) is 70.9 Å². The molecule has 0 aliphatic rings. The summed E-state index contributed by atoms with van der Waals surface area (Å²) in [5.74, 6) is 0.349. The zero-order chi connectivity index (χ0) is 27.5. The minimum absolute atomic E-state index is 0.0693. The Morgan fingerprint density at radius 3 is 2.11 bits per heavy atom. The van der Waals surface area contributed by atoms with Crippen molar-refractivity contribution in [2.75, 3.05) is 0 Å². The number of nitrogens with one attached hydrogen (secondary N) is 1. The topological polar surface area (TPSA) is 88.5 Å². The van der Waals surface area contributed by atoms with E-state index in [1.807, 2.05) is 30.3 Å². The maximum absolute atomic E-state index is 13.1. The highest BCUT2D eigenvalue weighted by atomic mass is 16.5. The summed E-state index contributed by atoms with van der Waals surface area (Å²) in [5, 5.41) is 14.1. The third-order valence-electron chi connectivity index (χ3n) is 6.42. The smallest absolute Gasteiger partial charge is 0.326 e. The number of carbonyl (C=O) groups is 2. The molecule has 3 rings (SSSR count). The normalized spacial score (nSPS) is 13.0. The zero-order valence-electron chi connectivity index (χ0n) is 23.3. The van der Waals surface area contributed by atoms with Gasteiger partial charge in [-0.2, -0.15) is 0 Å². The summed E-state index contributed by atoms with van der Waals surface area (Å²) in [7, 11) is 0. The van der Waals surface area contributed by atoms with Crippen molar-refractivity contribution in [3.8, 4) is 11.5 Å². The lowest BCUT2D eigenvalue weighted by Gasteiger charge is -2.27. The van der Waals surface area contributed by atoms with Gasteiger partial charge >= 0.3 is 5.97 Å².